The molecule has 2 heterocycles. The summed E-state index contributed by atoms with van der Waals surface area (Å²) in [6.07, 6.45) is 1.93. The zero-order chi connectivity index (χ0) is 14.9. The molecule has 1 aliphatic rings. The third-order valence-electron chi connectivity index (χ3n) is 3.52. The first kappa shape index (κ1) is 14.1. The van der Waals surface area contributed by atoms with E-state index in [0.29, 0.717) is 6.61 Å². The Balaban J connectivity index is 1.86. The van der Waals surface area contributed by atoms with Crippen LogP contribution in [0.15, 0.2) is 30.5 Å². The molecule has 1 aliphatic heterocycles. The predicted octanol–water partition coefficient (Wildman–Crippen LogP) is 3.44. The Morgan fingerprint density at radius 3 is 2.76 bits per heavy atom. The molecule has 4 nitrogen and oxygen atoms in total. The minimum atomic E-state index is 0.127. The average Bonchev–Trinajstić information content (AvgIpc) is 2.42. The number of fused-ring (bicyclic) bond motifs is 1. The number of hydrogen-bond donors (Lipinski definition) is 0. The van der Waals surface area contributed by atoms with Crippen molar-refractivity contribution in [3.63, 3.8) is 0 Å². The first-order valence-electron chi connectivity index (χ1n) is 7.32. The normalized spacial score (nSPS) is 16.8. The lowest BCUT2D eigenvalue weighted by atomic mass is 9.90. The minimum absolute atomic E-state index is 0.127. The van der Waals surface area contributed by atoms with Gasteiger partial charge in [-0.1, -0.05) is 6.92 Å². The van der Waals surface area contributed by atoms with Crippen LogP contribution in [0.25, 0.3) is 10.9 Å². The van der Waals surface area contributed by atoms with Gasteiger partial charge in [-0.25, -0.2) is 0 Å². The molecule has 0 spiro atoms. The van der Waals surface area contributed by atoms with E-state index in [-0.39, 0.29) is 11.5 Å². The first-order chi connectivity index (χ1) is 10.1. The van der Waals surface area contributed by atoms with Crippen molar-refractivity contribution in [2.75, 3.05) is 19.8 Å². The summed E-state index contributed by atoms with van der Waals surface area (Å²) in [6, 6.07) is 7.82. The highest BCUT2D eigenvalue weighted by Crippen LogP contribution is 2.31. The molecule has 0 aliphatic carbocycles. The summed E-state index contributed by atoms with van der Waals surface area (Å²) in [5, 5.41) is 0.986. The zero-order valence-corrected chi connectivity index (χ0v) is 12.8. The highest BCUT2D eigenvalue weighted by atomic mass is 16.5. The van der Waals surface area contributed by atoms with Gasteiger partial charge in [0, 0.05) is 17.0 Å². The van der Waals surface area contributed by atoms with Crippen molar-refractivity contribution in [1.82, 2.24) is 4.98 Å². The fourth-order valence-corrected chi connectivity index (χ4v) is 2.36. The van der Waals surface area contributed by atoms with Gasteiger partial charge in [0.1, 0.15) is 11.5 Å². The Morgan fingerprint density at radius 2 is 2.10 bits per heavy atom. The molecule has 1 saturated heterocycles. The van der Waals surface area contributed by atoms with Gasteiger partial charge in [0.2, 0.25) is 0 Å². The van der Waals surface area contributed by atoms with E-state index in [4.69, 9.17) is 14.2 Å². The number of nitrogens with zero attached hydrogens (tertiary/aromatic N) is 1. The number of hydrogen-bond acceptors (Lipinski definition) is 4. The van der Waals surface area contributed by atoms with Crippen LogP contribution in [0.5, 0.6) is 11.5 Å². The monoisotopic (exact) mass is 287 g/mol. The van der Waals surface area contributed by atoms with Crippen LogP contribution in [0.1, 0.15) is 20.8 Å². The molecule has 1 aromatic carbocycles. The van der Waals surface area contributed by atoms with E-state index in [9.17, 15) is 0 Å². The average molecular weight is 287 g/mol. The van der Waals surface area contributed by atoms with Crippen LogP contribution in [-0.4, -0.2) is 30.9 Å². The van der Waals surface area contributed by atoms with E-state index in [1.807, 2.05) is 38.1 Å². The van der Waals surface area contributed by atoms with Crippen LogP contribution in [0.2, 0.25) is 0 Å². The lowest BCUT2D eigenvalue weighted by molar-refractivity contribution is -0.120. The van der Waals surface area contributed by atoms with Gasteiger partial charge in [0.05, 0.1) is 31.4 Å². The second-order valence-corrected chi connectivity index (χ2v) is 6.25. The zero-order valence-electron chi connectivity index (χ0n) is 12.8. The van der Waals surface area contributed by atoms with Crippen LogP contribution in [-0.2, 0) is 4.74 Å². The molecule has 4 heteroatoms. The van der Waals surface area contributed by atoms with E-state index < -0.39 is 0 Å². The summed E-state index contributed by atoms with van der Waals surface area (Å²) >= 11 is 0. The number of aromatic nitrogens is 1. The molecule has 0 saturated carbocycles. The molecule has 0 radical (unpaired) electrons. The molecule has 21 heavy (non-hydrogen) atoms. The molecule has 112 valence electrons. The van der Waals surface area contributed by atoms with Crippen molar-refractivity contribution in [2.45, 2.75) is 26.9 Å². The van der Waals surface area contributed by atoms with Crippen molar-refractivity contribution in [1.29, 1.82) is 0 Å². The van der Waals surface area contributed by atoms with Crippen LogP contribution in [0, 0.1) is 5.41 Å². The summed E-state index contributed by atoms with van der Waals surface area (Å²) in [5.41, 5.74) is 1.04. The summed E-state index contributed by atoms with van der Waals surface area (Å²) in [5.74, 6) is 1.69. The molecule has 2 aromatic rings. The van der Waals surface area contributed by atoms with E-state index >= 15 is 0 Å². The third-order valence-corrected chi connectivity index (χ3v) is 3.52. The van der Waals surface area contributed by atoms with E-state index in [0.717, 1.165) is 35.6 Å². The molecular weight excluding hydrogens is 266 g/mol. The van der Waals surface area contributed by atoms with Crippen molar-refractivity contribution in [3.05, 3.63) is 30.5 Å². The molecule has 0 amide bonds. The smallest absolute Gasteiger partial charge is 0.130 e. The van der Waals surface area contributed by atoms with Crippen molar-refractivity contribution >= 4 is 10.9 Å². The summed E-state index contributed by atoms with van der Waals surface area (Å²) in [6.45, 7) is 8.38. The Morgan fingerprint density at radius 1 is 1.29 bits per heavy atom. The quantitative estimate of drug-likeness (QED) is 0.844. The SMILES string of the molecule is CC(C)Oc1ccc2nccc(OCC3(C)COC3)c2c1. The summed E-state index contributed by atoms with van der Waals surface area (Å²) in [4.78, 5) is 4.38. The molecule has 0 unspecified atom stereocenters. The first-order valence-corrected chi connectivity index (χ1v) is 7.32. The Kier molecular flexibility index (Phi) is 3.72. The largest absolute Gasteiger partial charge is 0.492 e. The lowest BCUT2D eigenvalue weighted by Gasteiger charge is -2.37. The van der Waals surface area contributed by atoms with Gasteiger partial charge in [0.15, 0.2) is 0 Å². The Bertz CT molecular complexity index is 635. The van der Waals surface area contributed by atoms with Crippen molar-refractivity contribution < 1.29 is 14.2 Å². The summed E-state index contributed by atoms with van der Waals surface area (Å²) < 4.78 is 17.0. The fraction of sp³-hybridized carbons (Fsp3) is 0.471. The van der Waals surface area contributed by atoms with Gasteiger partial charge in [-0.2, -0.15) is 0 Å². The maximum absolute atomic E-state index is 6.01. The molecular formula is C17H21NO3. The molecule has 0 N–H and O–H groups in total. The maximum Gasteiger partial charge on any atom is 0.130 e. The number of pyridine rings is 1. The van der Waals surface area contributed by atoms with Crippen LogP contribution in [0.4, 0.5) is 0 Å². The second-order valence-electron chi connectivity index (χ2n) is 6.25. The number of rotatable bonds is 5. The third kappa shape index (κ3) is 3.10. The van der Waals surface area contributed by atoms with Gasteiger partial charge in [-0.3, -0.25) is 4.98 Å². The van der Waals surface area contributed by atoms with Gasteiger partial charge >= 0.3 is 0 Å². The lowest BCUT2D eigenvalue weighted by Crippen LogP contribution is -2.44. The predicted molar refractivity (Wildman–Crippen MR) is 81.9 cm³/mol. The number of ether oxygens (including phenoxy) is 3. The molecule has 0 bridgehead atoms. The highest BCUT2D eigenvalue weighted by molar-refractivity contribution is 5.86. The van der Waals surface area contributed by atoms with Crippen LogP contribution >= 0.6 is 0 Å². The van der Waals surface area contributed by atoms with E-state index in [1.165, 1.54) is 0 Å². The van der Waals surface area contributed by atoms with Gasteiger partial charge in [-0.05, 0) is 38.1 Å². The molecule has 3 rings (SSSR count). The van der Waals surface area contributed by atoms with Crippen LogP contribution in [0.3, 0.4) is 0 Å². The van der Waals surface area contributed by atoms with Gasteiger partial charge < -0.3 is 14.2 Å². The number of benzene rings is 1. The summed E-state index contributed by atoms with van der Waals surface area (Å²) in [7, 11) is 0. The van der Waals surface area contributed by atoms with Gasteiger partial charge in [0.25, 0.3) is 0 Å². The van der Waals surface area contributed by atoms with Gasteiger partial charge in [-0.15, -0.1) is 0 Å². The van der Waals surface area contributed by atoms with Crippen LogP contribution < -0.4 is 9.47 Å². The maximum atomic E-state index is 6.01. The second kappa shape index (κ2) is 5.53. The highest BCUT2D eigenvalue weighted by Gasteiger charge is 2.34. The van der Waals surface area contributed by atoms with E-state index in [1.54, 1.807) is 6.20 Å². The molecule has 0 atom stereocenters. The van der Waals surface area contributed by atoms with Crippen molar-refractivity contribution in [2.24, 2.45) is 5.41 Å². The van der Waals surface area contributed by atoms with E-state index in [2.05, 4.69) is 11.9 Å². The Labute approximate surface area is 125 Å². The Hall–Kier alpha value is -1.81. The molecule has 1 fully saturated rings. The minimum Gasteiger partial charge on any atom is -0.492 e. The standard InChI is InChI=1S/C17H21NO3/c1-12(2)21-13-4-5-15-14(8-13)16(6-7-18-15)20-11-17(3)9-19-10-17/h4-8,12H,9-11H2,1-3H3. The fourth-order valence-electron chi connectivity index (χ4n) is 2.36. The topological polar surface area (TPSA) is 40.6 Å². The molecule has 1 aromatic heterocycles. The van der Waals surface area contributed by atoms with Crippen molar-refractivity contribution in [3.8, 4) is 11.5 Å².